The highest BCUT2D eigenvalue weighted by atomic mass is 35.5. The Balaban J connectivity index is 2.78. The monoisotopic (exact) mass is 334 g/mol. The van der Waals surface area contributed by atoms with E-state index in [9.17, 15) is 13.2 Å². The van der Waals surface area contributed by atoms with Crippen molar-refractivity contribution in [1.82, 2.24) is 10.0 Å². The molecule has 0 aliphatic rings. The number of amides is 1. The summed E-state index contributed by atoms with van der Waals surface area (Å²) in [5, 5.41) is 2.84. The number of ether oxygens (including phenoxy) is 1. The first-order valence-electron chi connectivity index (χ1n) is 6.19. The molecule has 0 bridgehead atoms. The Morgan fingerprint density at radius 1 is 1.33 bits per heavy atom. The predicted octanol–water partition coefficient (Wildman–Crippen LogP) is 1.54. The van der Waals surface area contributed by atoms with Crippen LogP contribution in [0.3, 0.4) is 0 Å². The Morgan fingerprint density at radius 2 is 1.95 bits per heavy atom. The first-order chi connectivity index (χ1) is 9.55. The van der Waals surface area contributed by atoms with Crippen molar-refractivity contribution in [3.8, 4) is 5.75 Å². The van der Waals surface area contributed by atoms with E-state index in [1.54, 1.807) is 0 Å². The fourth-order valence-electron chi connectivity index (χ4n) is 1.52. The molecule has 118 valence electrons. The molecule has 0 atom stereocenters. The number of halogens is 1. The Labute approximate surface area is 129 Å². The van der Waals surface area contributed by atoms with Crippen molar-refractivity contribution in [3.63, 3.8) is 0 Å². The maximum Gasteiger partial charge on any atom is 0.241 e. The number of sulfonamides is 1. The van der Waals surface area contributed by atoms with E-state index in [2.05, 4.69) is 10.0 Å². The third kappa shape index (κ3) is 5.53. The second kappa shape index (κ2) is 6.64. The van der Waals surface area contributed by atoms with Gasteiger partial charge in [0.2, 0.25) is 15.9 Å². The van der Waals surface area contributed by atoms with Crippen molar-refractivity contribution in [3.05, 3.63) is 23.2 Å². The molecule has 0 radical (unpaired) electrons. The Hall–Kier alpha value is -1.31. The molecule has 8 heteroatoms. The smallest absolute Gasteiger partial charge is 0.241 e. The molecule has 0 fully saturated rings. The maximum atomic E-state index is 12.1. The normalized spacial score (nSPS) is 12.0. The zero-order valence-corrected chi connectivity index (χ0v) is 13.9. The minimum absolute atomic E-state index is 0.0307. The summed E-state index contributed by atoms with van der Waals surface area (Å²) >= 11 is 5.89. The van der Waals surface area contributed by atoms with Gasteiger partial charge in [0.05, 0.1) is 23.6 Å². The molecule has 0 aromatic heterocycles. The van der Waals surface area contributed by atoms with Gasteiger partial charge in [-0.25, -0.2) is 13.1 Å². The van der Waals surface area contributed by atoms with E-state index in [0.29, 0.717) is 5.75 Å². The minimum Gasteiger partial charge on any atom is -0.495 e. The van der Waals surface area contributed by atoms with Crippen LogP contribution in [0.1, 0.15) is 20.8 Å². The first-order valence-corrected chi connectivity index (χ1v) is 8.05. The highest BCUT2D eigenvalue weighted by Gasteiger charge is 2.19. The number of rotatable bonds is 5. The van der Waals surface area contributed by atoms with E-state index >= 15 is 0 Å². The van der Waals surface area contributed by atoms with Crippen LogP contribution in [0.5, 0.6) is 5.75 Å². The second-order valence-corrected chi connectivity index (χ2v) is 7.59. The highest BCUT2D eigenvalue weighted by molar-refractivity contribution is 7.89. The predicted molar refractivity (Wildman–Crippen MR) is 81.1 cm³/mol. The third-order valence-electron chi connectivity index (χ3n) is 2.37. The van der Waals surface area contributed by atoms with Crippen LogP contribution in [0.2, 0.25) is 5.02 Å². The summed E-state index contributed by atoms with van der Waals surface area (Å²) in [6, 6.07) is 4.07. The van der Waals surface area contributed by atoms with Gasteiger partial charge >= 0.3 is 0 Å². The summed E-state index contributed by atoms with van der Waals surface area (Å²) in [6.45, 7) is 5.08. The van der Waals surface area contributed by atoms with Crippen LogP contribution < -0.4 is 14.8 Å². The zero-order valence-electron chi connectivity index (χ0n) is 12.4. The van der Waals surface area contributed by atoms with Crippen LogP contribution in [0, 0.1) is 0 Å². The molecule has 2 N–H and O–H groups in total. The summed E-state index contributed by atoms with van der Waals surface area (Å²) < 4.78 is 31.3. The van der Waals surface area contributed by atoms with Crippen LogP contribution in [-0.4, -0.2) is 33.5 Å². The van der Waals surface area contributed by atoms with E-state index < -0.39 is 21.5 Å². The lowest BCUT2D eigenvalue weighted by Crippen LogP contribution is -2.45. The molecular formula is C13H19ClN2O4S. The SMILES string of the molecule is COc1ccc(S(=O)(=O)NCC(=O)NC(C)(C)C)cc1Cl. The van der Waals surface area contributed by atoms with Crippen molar-refractivity contribution in [2.75, 3.05) is 13.7 Å². The van der Waals surface area contributed by atoms with Gasteiger partial charge in [0, 0.05) is 5.54 Å². The van der Waals surface area contributed by atoms with Crippen LogP contribution in [0.15, 0.2) is 23.1 Å². The summed E-state index contributed by atoms with van der Waals surface area (Å²) in [4.78, 5) is 11.6. The average molecular weight is 335 g/mol. The van der Waals surface area contributed by atoms with Crippen molar-refractivity contribution < 1.29 is 17.9 Å². The molecule has 0 unspecified atom stereocenters. The number of benzene rings is 1. The summed E-state index contributed by atoms with van der Waals surface area (Å²) in [5.74, 6) is -0.0354. The van der Waals surface area contributed by atoms with Crippen LogP contribution in [-0.2, 0) is 14.8 Å². The zero-order chi connectivity index (χ0) is 16.3. The molecule has 1 rings (SSSR count). The largest absolute Gasteiger partial charge is 0.495 e. The van der Waals surface area contributed by atoms with E-state index in [1.165, 1.54) is 25.3 Å². The number of hydrogen-bond acceptors (Lipinski definition) is 4. The number of carbonyl (C=O) groups is 1. The Morgan fingerprint density at radius 3 is 2.43 bits per heavy atom. The molecule has 0 aliphatic heterocycles. The van der Waals surface area contributed by atoms with Crippen molar-refractivity contribution in [1.29, 1.82) is 0 Å². The molecule has 0 heterocycles. The van der Waals surface area contributed by atoms with Crippen LogP contribution >= 0.6 is 11.6 Å². The topological polar surface area (TPSA) is 84.5 Å². The number of hydrogen-bond donors (Lipinski definition) is 2. The quantitative estimate of drug-likeness (QED) is 0.855. The molecular weight excluding hydrogens is 316 g/mol. The van der Waals surface area contributed by atoms with E-state index in [4.69, 9.17) is 16.3 Å². The van der Waals surface area contributed by atoms with Crippen molar-refractivity contribution in [2.45, 2.75) is 31.2 Å². The van der Waals surface area contributed by atoms with E-state index in [0.717, 1.165) is 0 Å². The summed E-state index contributed by atoms with van der Waals surface area (Å²) in [7, 11) is -2.37. The number of nitrogens with one attached hydrogen (secondary N) is 2. The lowest BCUT2D eigenvalue weighted by atomic mass is 10.1. The Bertz CT molecular complexity index is 624. The van der Waals surface area contributed by atoms with Gasteiger partial charge in [-0.2, -0.15) is 0 Å². The lowest BCUT2D eigenvalue weighted by molar-refractivity contribution is -0.121. The molecule has 0 saturated heterocycles. The summed E-state index contributed by atoms with van der Waals surface area (Å²) in [5.41, 5.74) is -0.425. The van der Waals surface area contributed by atoms with Crippen LogP contribution in [0.4, 0.5) is 0 Å². The molecule has 1 amide bonds. The fourth-order valence-corrected chi connectivity index (χ4v) is 2.85. The molecule has 1 aromatic carbocycles. The van der Waals surface area contributed by atoms with Gasteiger partial charge in [0.15, 0.2) is 0 Å². The molecule has 1 aromatic rings. The molecule has 21 heavy (non-hydrogen) atoms. The first kappa shape index (κ1) is 17.7. The molecule has 0 spiro atoms. The van der Waals surface area contributed by atoms with Gasteiger partial charge in [-0.15, -0.1) is 0 Å². The minimum atomic E-state index is -3.81. The molecule has 6 nitrogen and oxygen atoms in total. The van der Waals surface area contributed by atoms with Crippen molar-refractivity contribution in [2.24, 2.45) is 0 Å². The van der Waals surface area contributed by atoms with Crippen molar-refractivity contribution >= 4 is 27.5 Å². The summed E-state index contributed by atoms with van der Waals surface area (Å²) in [6.07, 6.45) is 0. The van der Waals surface area contributed by atoms with Gasteiger partial charge in [0.25, 0.3) is 0 Å². The average Bonchev–Trinajstić information content (AvgIpc) is 2.34. The van der Waals surface area contributed by atoms with Crippen LogP contribution in [0.25, 0.3) is 0 Å². The van der Waals surface area contributed by atoms with E-state index in [1.807, 2.05) is 20.8 Å². The standard InChI is InChI=1S/C13H19ClN2O4S/c1-13(2,3)16-12(17)8-15-21(18,19)9-5-6-11(20-4)10(14)7-9/h5-7,15H,8H2,1-4H3,(H,16,17). The lowest BCUT2D eigenvalue weighted by Gasteiger charge is -2.20. The number of methoxy groups -OCH3 is 1. The van der Waals surface area contributed by atoms with Gasteiger partial charge in [-0.05, 0) is 39.0 Å². The van der Waals surface area contributed by atoms with Gasteiger partial charge < -0.3 is 10.1 Å². The fraction of sp³-hybridized carbons (Fsp3) is 0.462. The van der Waals surface area contributed by atoms with E-state index in [-0.39, 0.29) is 16.5 Å². The molecule has 0 aliphatic carbocycles. The third-order valence-corrected chi connectivity index (χ3v) is 4.07. The number of carbonyl (C=O) groups excluding carboxylic acids is 1. The molecule has 0 saturated carbocycles. The Kier molecular flexibility index (Phi) is 5.61. The highest BCUT2D eigenvalue weighted by Crippen LogP contribution is 2.26. The maximum absolute atomic E-state index is 12.1. The van der Waals surface area contributed by atoms with Gasteiger partial charge in [0.1, 0.15) is 5.75 Å². The second-order valence-electron chi connectivity index (χ2n) is 5.42. The van der Waals surface area contributed by atoms with Gasteiger partial charge in [-0.3, -0.25) is 4.79 Å². The van der Waals surface area contributed by atoms with Gasteiger partial charge in [-0.1, -0.05) is 11.6 Å².